The smallest absolute Gasteiger partial charge is 0.0897 e. The summed E-state index contributed by atoms with van der Waals surface area (Å²) in [6, 6.07) is 2.05. The first kappa shape index (κ1) is 11.3. The van der Waals surface area contributed by atoms with Crippen LogP contribution in [-0.4, -0.2) is 21.3 Å². The number of hydrogen-bond donors (Lipinski definition) is 1. The molecule has 0 saturated heterocycles. The Balaban J connectivity index is 1.71. The fourth-order valence-corrected chi connectivity index (χ4v) is 2.18. The quantitative estimate of drug-likeness (QED) is 0.800. The normalized spacial score (nSPS) is 10.9. The van der Waals surface area contributed by atoms with E-state index < -0.39 is 0 Å². The summed E-state index contributed by atoms with van der Waals surface area (Å²) in [6.45, 7) is 3.84. The second-order valence-electron chi connectivity index (χ2n) is 3.73. The van der Waals surface area contributed by atoms with Crippen LogP contribution in [0.4, 0.5) is 0 Å². The van der Waals surface area contributed by atoms with E-state index in [0.717, 1.165) is 30.2 Å². The largest absolute Gasteiger partial charge is 0.311 e. The van der Waals surface area contributed by atoms with Crippen LogP contribution in [0, 0.1) is 6.92 Å². The molecule has 0 unspecified atom stereocenters. The van der Waals surface area contributed by atoms with E-state index in [1.807, 2.05) is 24.9 Å². The fourth-order valence-electron chi connectivity index (χ4n) is 1.57. The van der Waals surface area contributed by atoms with Crippen molar-refractivity contribution in [3.8, 4) is 0 Å². The number of aromatic nitrogens is 3. The third-order valence-electron chi connectivity index (χ3n) is 2.45. The summed E-state index contributed by atoms with van der Waals surface area (Å²) < 4.78 is 1.91. The highest BCUT2D eigenvalue weighted by atomic mass is 32.1. The summed E-state index contributed by atoms with van der Waals surface area (Å²) >= 11 is 1.70. The second-order valence-corrected chi connectivity index (χ2v) is 4.79. The summed E-state index contributed by atoms with van der Waals surface area (Å²) in [7, 11) is 1.97. The van der Waals surface area contributed by atoms with E-state index in [9.17, 15) is 0 Å². The van der Waals surface area contributed by atoms with E-state index in [1.54, 1.807) is 11.3 Å². The van der Waals surface area contributed by atoms with Crippen LogP contribution in [-0.2, 0) is 20.0 Å². The minimum absolute atomic E-state index is 0.849. The topological polar surface area (TPSA) is 42.7 Å². The van der Waals surface area contributed by atoms with Crippen molar-refractivity contribution in [1.82, 2.24) is 20.1 Å². The van der Waals surface area contributed by atoms with Crippen LogP contribution >= 0.6 is 11.3 Å². The Morgan fingerprint density at radius 1 is 1.50 bits per heavy atom. The zero-order valence-corrected chi connectivity index (χ0v) is 10.4. The lowest BCUT2D eigenvalue weighted by molar-refractivity contribution is 0.638. The molecule has 2 heterocycles. The Morgan fingerprint density at radius 2 is 2.38 bits per heavy atom. The summed E-state index contributed by atoms with van der Waals surface area (Å²) in [5, 5.41) is 10.8. The Hall–Kier alpha value is -1.20. The van der Waals surface area contributed by atoms with Crippen molar-refractivity contribution in [1.29, 1.82) is 0 Å². The minimum Gasteiger partial charge on any atom is -0.311 e. The van der Waals surface area contributed by atoms with Crippen molar-refractivity contribution in [3.05, 3.63) is 34.0 Å². The van der Waals surface area contributed by atoms with E-state index in [1.165, 1.54) is 5.69 Å². The van der Waals surface area contributed by atoms with Gasteiger partial charge in [-0.25, -0.2) is 4.98 Å². The zero-order chi connectivity index (χ0) is 11.4. The predicted octanol–water partition coefficient (Wildman–Crippen LogP) is 1.52. The first-order valence-electron chi connectivity index (χ1n) is 5.34. The average Bonchev–Trinajstić information content (AvgIpc) is 2.83. The fraction of sp³-hybridized carbons (Fsp3) is 0.455. The number of aryl methyl sites for hydroxylation is 2. The molecule has 1 N–H and O–H groups in total. The van der Waals surface area contributed by atoms with Gasteiger partial charge in [-0.3, -0.25) is 4.68 Å². The molecule has 16 heavy (non-hydrogen) atoms. The van der Waals surface area contributed by atoms with E-state index in [-0.39, 0.29) is 0 Å². The number of nitrogens with zero attached hydrogens (tertiary/aromatic N) is 3. The first-order chi connectivity index (χ1) is 7.75. The van der Waals surface area contributed by atoms with Gasteiger partial charge in [-0.1, -0.05) is 0 Å². The van der Waals surface area contributed by atoms with Gasteiger partial charge in [0.1, 0.15) is 0 Å². The highest BCUT2D eigenvalue weighted by Crippen LogP contribution is 2.07. The predicted molar refractivity (Wildman–Crippen MR) is 65.5 cm³/mol. The van der Waals surface area contributed by atoms with E-state index in [0.29, 0.717) is 0 Å². The maximum absolute atomic E-state index is 4.40. The monoisotopic (exact) mass is 236 g/mol. The second kappa shape index (κ2) is 5.23. The van der Waals surface area contributed by atoms with Crippen LogP contribution in [0.25, 0.3) is 0 Å². The first-order valence-corrected chi connectivity index (χ1v) is 6.22. The Bertz CT molecular complexity index is 446. The van der Waals surface area contributed by atoms with Crippen LogP contribution < -0.4 is 5.32 Å². The molecule has 0 saturated carbocycles. The molecule has 4 nitrogen and oxygen atoms in total. The van der Waals surface area contributed by atoms with E-state index in [4.69, 9.17) is 0 Å². The average molecular weight is 236 g/mol. The Labute approximate surface area is 99.3 Å². The molecule has 86 valence electrons. The van der Waals surface area contributed by atoms with Crippen LogP contribution in [0.1, 0.15) is 16.4 Å². The molecule has 0 fully saturated rings. The maximum Gasteiger partial charge on any atom is 0.0897 e. The molecule has 2 rings (SSSR count). The van der Waals surface area contributed by atoms with Gasteiger partial charge >= 0.3 is 0 Å². The summed E-state index contributed by atoms with van der Waals surface area (Å²) in [5.41, 5.74) is 2.38. The Kier molecular flexibility index (Phi) is 3.69. The number of hydrogen-bond acceptors (Lipinski definition) is 4. The van der Waals surface area contributed by atoms with Crippen molar-refractivity contribution in [2.75, 3.05) is 6.54 Å². The molecule has 0 aliphatic heterocycles. The molecule has 2 aromatic heterocycles. The van der Waals surface area contributed by atoms with Crippen molar-refractivity contribution in [2.45, 2.75) is 19.9 Å². The van der Waals surface area contributed by atoms with Gasteiger partial charge in [-0.15, -0.1) is 11.3 Å². The number of rotatable bonds is 5. The van der Waals surface area contributed by atoms with Gasteiger partial charge in [-0.05, 0) is 13.0 Å². The molecular formula is C11H16N4S. The Morgan fingerprint density at radius 3 is 3.00 bits per heavy atom. The van der Waals surface area contributed by atoms with Gasteiger partial charge in [0.05, 0.1) is 10.7 Å². The third kappa shape index (κ3) is 2.90. The molecule has 2 aromatic rings. The SMILES string of the molecule is Cc1nc(CNCCc2ccnn2C)cs1. The van der Waals surface area contributed by atoms with Gasteiger partial charge in [0.25, 0.3) is 0 Å². The van der Waals surface area contributed by atoms with Crippen LogP contribution in [0.3, 0.4) is 0 Å². The van der Waals surface area contributed by atoms with Gasteiger partial charge < -0.3 is 5.32 Å². The van der Waals surface area contributed by atoms with Crippen LogP contribution in [0.2, 0.25) is 0 Å². The highest BCUT2D eigenvalue weighted by Gasteiger charge is 1.99. The van der Waals surface area contributed by atoms with Crippen molar-refractivity contribution in [2.24, 2.45) is 7.05 Å². The van der Waals surface area contributed by atoms with Gasteiger partial charge in [0, 0.05) is 43.8 Å². The lowest BCUT2D eigenvalue weighted by Crippen LogP contribution is -2.18. The maximum atomic E-state index is 4.40. The standard InChI is InChI=1S/C11H16N4S/c1-9-14-10(8-16-9)7-12-5-3-11-4-6-13-15(11)2/h4,6,8,12H,3,5,7H2,1-2H3. The lowest BCUT2D eigenvalue weighted by Gasteiger charge is -2.03. The molecule has 0 atom stereocenters. The number of nitrogens with one attached hydrogen (secondary N) is 1. The molecule has 5 heteroatoms. The van der Waals surface area contributed by atoms with E-state index >= 15 is 0 Å². The van der Waals surface area contributed by atoms with Gasteiger partial charge in [0.2, 0.25) is 0 Å². The summed E-state index contributed by atoms with van der Waals surface area (Å²) in [4.78, 5) is 4.40. The highest BCUT2D eigenvalue weighted by molar-refractivity contribution is 7.09. The number of thiazole rings is 1. The zero-order valence-electron chi connectivity index (χ0n) is 9.60. The van der Waals surface area contributed by atoms with Gasteiger partial charge in [0.15, 0.2) is 0 Å². The van der Waals surface area contributed by atoms with Crippen LogP contribution in [0.15, 0.2) is 17.6 Å². The molecule has 0 amide bonds. The van der Waals surface area contributed by atoms with Crippen molar-refractivity contribution in [3.63, 3.8) is 0 Å². The molecule has 0 aliphatic rings. The van der Waals surface area contributed by atoms with Crippen LogP contribution in [0.5, 0.6) is 0 Å². The summed E-state index contributed by atoms with van der Waals surface area (Å²) in [5.74, 6) is 0. The molecule has 0 aliphatic carbocycles. The van der Waals surface area contributed by atoms with Crippen molar-refractivity contribution >= 4 is 11.3 Å². The molecule has 0 spiro atoms. The molecule has 0 radical (unpaired) electrons. The third-order valence-corrected chi connectivity index (χ3v) is 3.28. The molecular weight excluding hydrogens is 220 g/mol. The van der Waals surface area contributed by atoms with Crippen molar-refractivity contribution < 1.29 is 0 Å². The van der Waals surface area contributed by atoms with Gasteiger partial charge in [-0.2, -0.15) is 5.10 Å². The lowest BCUT2D eigenvalue weighted by atomic mass is 10.3. The molecule has 0 bridgehead atoms. The minimum atomic E-state index is 0.849. The molecule has 0 aromatic carbocycles. The van der Waals surface area contributed by atoms with E-state index in [2.05, 4.69) is 26.8 Å². The summed E-state index contributed by atoms with van der Waals surface area (Å²) in [6.07, 6.45) is 2.83.